The average Bonchev–Trinajstić information content (AvgIpc) is 3.11. The minimum absolute atomic E-state index is 0.105. The van der Waals surface area contributed by atoms with Gasteiger partial charge in [0.25, 0.3) is 5.91 Å². The number of rotatable bonds is 3. The highest BCUT2D eigenvalue weighted by molar-refractivity contribution is 6.04. The standard InChI is InChI=1S/C22H14F4N2O/c23-19-8-4-7-17-13-18(22(24,25)26)20(28(17)19)14-9-11-16(12-10-14)27-21(29)15-5-2-1-3-6-15/h1-13H,(H,27,29). The summed E-state index contributed by atoms with van der Waals surface area (Å²) in [5, 5.41) is 2.68. The number of nitrogens with one attached hydrogen (secondary N) is 1. The Hall–Kier alpha value is -3.61. The third-order valence-corrected chi connectivity index (χ3v) is 4.50. The first kappa shape index (κ1) is 18.7. The Kier molecular flexibility index (Phi) is 4.58. The second-order valence-corrected chi connectivity index (χ2v) is 6.41. The Morgan fingerprint density at radius 1 is 0.862 bits per heavy atom. The summed E-state index contributed by atoms with van der Waals surface area (Å²) in [5.41, 5.74) is -0.0581. The zero-order valence-corrected chi connectivity index (χ0v) is 14.9. The fourth-order valence-corrected chi connectivity index (χ4v) is 3.19. The molecular weight excluding hydrogens is 384 g/mol. The number of hydrogen-bond donors (Lipinski definition) is 1. The van der Waals surface area contributed by atoms with E-state index < -0.39 is 17.7 Å². The summed E-state index contributed by atoms with van der Waals surface area (Å²) in [5.74, 6) is -1.14. The molecule has 0 saturated carbocycles. The van der Waals surface area contributed by atoms with Gasteiger partial charge in [-0.15, -0.1) is 0 Å². The first-order chi connectivity index (χ1) is 13.8. The van der Waals surface area contributed by atoms with E-state index in [0.717, 1.165) is 16.5 Å². The fraction of sp³-hybridized carbons (Fsp3) is 0.0455. The van der Waals surface area contributed by atoms with Crippen molar-refractivity contribution < 1.29 is 22.4 Å². The van der Waals surface area contributed by atoms with Crippen LogP contribution < -0.4 is 5.32 Å². The summed E-state index contributed by atoms with van der Waals surface area (Å²) in [6.07, 6.45) is -4.64. The molecule has 1 N–H and O–H groups in total. The van der Waals surface area contributed by atoms with Crippen molar-refractivity contribution in [2.45, 2.75) is 6.18 Å². The molecule has 0 radical (unpaired) electrons. The van der Waals surface area contributed by atoms with E-state index in [1.165, 1.54) is 36.4 Å². The van der Waals surface area contributed by atoms with Gasteiger partial charge in [0.1, 0.15) is 0 Å². The van der Waals surface area contributed by atoms with Crippen molar-refractivity contribution in [3.05, 3.63) is 95.9 Å². The van der Waals surface area contributed by atoms with Crippen LogP contribution >= 0.6 is 0 Å². The van der Waals surface area contributed by atoms with Gasteiger partial charge in [0, 0.05) is 16.8 Å². The van der Waals surface area contributed by atoms with Crippen LogP contribution in [-0.4, -0.2) is 10.3 Å². The lowest BCUT2D eigenvalue weighted by molar-refractivity contribution is -0.137. The van der Waals surface area contributed by atoms with Gasteiger partial charge in [-0.2, -0.15) is 17.6 Å². The van der Waals surface area contributed by atoms with E-state index in [1.807, 2.05) is 0 Å². The smallest absolute Gasteiger partial charge is 0.322 e. The second-order valence-electron chi connectivity index (χ2n) is 6.41. The maximum Gasteiger partial charge on any atom is 0.418 e. The predicted octanol–water partition coefficient (Wildman–Crippen LogP) is 6.02. The maximum absolute atomic E-state index is 14.3. The summed E-state index contributed by atoms with van der Waals surface area (Å²) < 4.78 is 55.9. The van der Waals surface area contributed by atoms with Crippen molar-refractivity contribution >= 4 is 17.1 Å². The van der Waals surface area contributed by atoms with Crippen molar-refractivity contribution in [1.29, 1.82) is 0 Å². The van der Waals surface area contributed by atoms with Crippen LogP contribution in [0.2, 0.25) is 0 Å². The number of fused-ring (bicyclic) bond motifs is 1. The molecule has 0 aliphatic carbocycles. The van der Waals surface area contributed by atoms with Crippen LogP contribution in [0.4, 0.5) is 23.2 Å². The molecule has 146 valence electrons. The van der Waals surface area contributed by atoms with Crippen molar-refractivity contribution in [2.75, 3.05) is 5.32 Å². The monoisotopic (exact) mass is 398 g/mol. The van der Waals surface area contributed by atoms with Crippen molar-refractivity contribution in [2.24, 2.45) is 0 Å². The zero-order valence-electron chi connectivity index (χ0n) is 14.9. The Morgan fingerprint density at radius 3 is 2.21 bits per heavy atom. The van der Waals surface area contributed by atoms with Gasteiger partial charge in [-0.25, -0.2) is 0 Å². The SMILES string of the molecule is O=C(Nc1ccc(-c2c(C(F)(F)F)cc3cccc(F)n23)cc1)c1ccccc1. The quantitative estimate of drug-likeness (QED) is 0.332. The van der Waals surface area contributed by atoms with E-state index in [2.05, 4.69) is 5.32 Å². The highest BCUT2D eigenvalue weighted by Crippen LogP contribution is 2.40. The lowest BCUT2D eigenvalue weighted by Crippen LogP contribution is -2.11. The van der Waals surface area contributed by atoms with E-state index in [0.29, 0.717) is 11.3 Å². The number of anilines is 1. The fourth-order valence-electron chi connectivity index (χ4n) is 3.19. The van der Waals surface area contributed by atoms with Gasteiger partial charge < -0.3 is 5.32 Å². The summed E-state index contributed by atoms with van der Waals surface area (Å²) in [6.45, 7) is 0. The molecule has 0 aliphatic heterocycles. The Morgan fingerprint density at radius 2 is 1.55 bits per heavy atom. The summed E-state index contributed by atoms with van der Waals surface area (Å²) in [4.78, 5) is 12.2. The Labute approximate surface area is 163 Å². The molecule has 2 aromatic heterocycles. The molecule has 0 spiro atoms. The van der Waals surface area contributed by atoms with Gasteiger partial charge in [0.05, 0.1) is 11.3 Å². The normalized spacial score (nSPS) is 11.6. The van der Waals surface area contributed by atoms with Gasteiger partial charge in [-0.05, 0) is 48.0 Å². The first-order valence-corrected chi connectivity index (χ1v) is 8.68. The molecule has 2 aromatic carbocycles. The Bertz CT molecular complexity index is 1180. The van der Waals surface area contributed by atoms with E-state index in [-0.39, 0.29) is 22.7 Å². The molecule has 0 saturated heterocycles. The van der Waals surface area contributed by atoms with Crippen LogP contribution in [0.5, 0.6) is 0 Å². The minimum atomic E-state index is -4.64. The Balaban J connectivity index is 1.73. The molecule has 4 aromatic rings. The van der Waals surface area contributed by atoms with E-state index >= 15 is 0 Å². The number of pyridine rings is 1. The summed E-state index contributed by atoms with van der Waals surface area (Å²) in [6, 6.07) is 19.1. The van der Waals surface area contributed by atoms with Crippen LogP contribution in [0, 0.1) is 5.95 Å². The highest BCUT2D eigenvalue weighted by atomic mass is 19.4. The largest absolute Gasteiger partial charge is 0.418 e. The number of hydrogen-bond acceptors (Lipinski definition) is 1. The zero-order chi connectivity index (χ0) is 20.6. The summed E-state index contributed by atoms with van der Waals surface area (Å²) in [7, 11) is 0. The van der Waals surface area contributed by atoms with E-state index in [4.69, 9.17) is 0 Å². The molecule has 1 amide bonds. The number of carbonyl (C=O) groups excluding carboxylic acids is 1. The third-order valence-electron chi connectivity index (χ3n) is 4.50. The maximum atomic E-state index is 14.3. The second kappa shape index (κ2) is 7.09. The van der Waals surface area contributed by atoms with Gasteiger partial charge in [-0.3, -0.25) is 9.20 Å². The van der Waals surface area contributed by atoms with Crippen molar-refractivity contribution in [3.8, 4) is 11.3 Å². The molecule has 0 atom stereocenters. The highest BCUT2D eigenvalue weighted by Gasteiger charge is 2.36. The number of carbonyl (C=O) groups is 1. The number of aromatic nitrogens is 1. The van der Waals surface area contributed by atoms with E-state index in [9.17, 15) is 22.4 Å². The number of nitrogens with zero attached hydrogens (tertiary/aromatic N) is 1. The number of alkyl halides is 3. The van der Waals surface area contributed by atoms with Crippen LogP contribution in [0.1, 0.15) is 15.9 Å². The van der Waals surface area contributed by atoms with Crippen LogP contribution in [0.3, 0.4) is 0 Å². The first-order valence-electron chi connectivity index (χ1n) is 8.68. The van der Waals surface area contributed by atoms with Gasteiger partial charge in [0.2, 0.25) is 0 Å². The summed E-state index contributed by atoms with van der Waals surface area (Å²) >= 11 is 0. The third kappa shape index (κ3) is 3.59. The van der Waals surface area contributed by atoms with Crippen molar-refractivity contribution in [1.82, 2.24) is 4.40 Å². The lowest BCUT2D eigenvalue weighted by Gasteiger charge is -2.11. The molecule has 0 aliphatic rings. The molecular formula is C22H14F4N2O. The van der Waals surface area contributed by atoms with Crippen LogP contribution in [0.25, 0.3) is 16.8 Å². The number of amides is 1. The predicted molar refractivity (Wildman–Crippen MR) is 102 cm³/mol. The molecule has 4 rings (SSSR count). The topological polar surface area (TPSA) is 33.5 Å². The molecule has 0 bridgehead atoms. The van der Waals surface area contributed by atoms with Crippen LogP contribution in [-0.2, 0) is 6.18 Å². The molecule has 7 heteroatoms. The number of benzene rings is 2. The number of halogens is 4. The molecule has 0 fully saturated rings. The lowest BCUT2D eigenvalue weighted by atomic mass is 10.1. The van der Waals surface area contributed by atoms with E-state index in [1.54, 1.807) is 30.3 Å². The average molecular weight is 398 g/mol. The van der Waals surface area contributed by atoms with Gasteiger partial charge >= 0.3 is 6.18 Å². The minimum Gasteiger partial charge on any atom is -0.322 e. The molecule has 29 heavy (non-hydrogen) atoms. The molecule has 2 heterocycles. The molecule has 3 nitrogen and oxygen atoms in total. The van der Waals surface area contributed by atoms with Crippen molar-refractivity contribution in [3.63, 3.8) is 0 Å². The van der Waals surface area contributed by atoms with Crippen LogP contribution in [0.15, 0.2) is 78.9 Å². The van der Waals surface area contributed by atoms with Gasteiger partial charge in [0.15, 0.2) is 5.95 Å². The molecule has 0 unspecified atom stereocenters. The van der Waals surface area contributed by atoms with Gasteiger partial charge in [-0.1, -0.05) is 36.4 Å².